The van der Waals surface area contributed by atoms with Crippen LogP contribution in [0.5, 0.6) is 11.5 Å². The predicted octanol–water partition coefficient (Wildman–Crippen LogP) is 5.45. The van der Waals surface area contributed by atoms with Gasteiger partial charge in [0.05, 0.1) is 0 Å². The number of hydrogen-bond donors (Lipinski definition) is 1. The summed E-state index contributed by atoms with van der Waals surface area (Å²) in [5.41, 5.74) is 8.19. The summed E-state index contributed by atoms with van der Waals surface area (Å²) in [4.78, 5) is 0. The lowest BCUT2D eigenvalue weighted by Gasteiger charge is -2.19. The maximum Gasteiger partial charge on any atom is 0.128 e. The summed E-state index contributed by atoms with van der Waals surface area (Å²) in [6.45, 7) is 8.48. The van der Waals surface area contributed by atoms with Crippen molar-refractivity contribution in [2.45, 2.75) is 39.2 Å². The second kappa shape index (κ2) is 6.08. The van der Waals surface area contributed by atoms with Crippen molar-refractivity contribution in [3.63, 3.8) is 0 Å². The number of benzene rings is 2. The largest absolute Gasteiger partial charge is 0.457 e. The smallest absolute Gasteiger partial charge is 0.128 e. The minimum absolute atomic E-state index is 0.0855. The van der Waals surface area contributed by atoms with Gasteiger partial charge < -0.3 is 10.5 Å². The number of rotatable bonds is 3. The average Bonchev–Trinajstić information content (AvgIpc) is 2.38. The van der Waals surface area contributed by atoms with Gasteiger partial charge in [-0.25, -0.2) is 0 Å². The van der Waals surface area contributed by atoms with E-state index in [9.17, 15) is 0 Å². The molecule has 0 saturated heterocycles. The molecule has 2 aromatic carbocycles. The minimum Gasteiger partial charge on any atom is -0.457 e. The maximum atomic E-state index is 6.22. The van der Waals surface area contributed by atoms with Crippen LogP contribution in [0, 0.1) is 0 Å². The van der Waals surface area contributed by atoms with Gasteiger partial charge in [-0.2, -0.15) is 0 Å². The molecule has 0 radical (unpaired) electrons. The third-order valence-electron chi connectivity index (χ3n) is 3.42. The summed E-state index contributed by atoms with van der Waals surface area (Å²) in [6, 6.07) is 13.7. The van der Waals surface area contributed by atoms with Gasteiger partial charge in [0, 0.05) is 11.1 Å². The standard InChI is InChI=1S/C18H22ClNO/c1-12(20)16-10-9-15(11-17(16)19)21-14-7-5-13(6-8-14)18(2,3)4/h5-12H,20H2,1-4H3. The SMILES string of the molecule is CC(N)c1ccc(Oc2ccc(C(C)(C)C)cc2)cc1Cl. The van der Waals surface area contributed by atoms with Crippen LogP contribution in [0.25, 0.3) is 0 Å². The van der Waals surface area contributed by atoms with Crippen LogP contribution in [-0.4, -0.2) is 0 Å². The van der Waals surface area contributed by atoms with Crippen molar-refractivity contribution in [1.29, 1.82) is 0 Å². The highest BCUT2D eigenvalue weighted by Crippen LogP contribution is 2.30. The number of nitrogens with two attached hydrogens (primary N) is 1. The van der Waals surface area contributed by atoms with Crippen molar-refractivity contribution in [3.8, 4) is 11.5 Å². The van der Waals surface area contributed by atoms with E-state index in [1.54, 1.807) is 6.07 Å². The van der Waals surface area contributed by atoms with Gasteiger partial charge >= 0.3 is 0 Å². The monoisotopic (exact) mass is 303 g/mol. The summed E-state index contributed by atoms with van der Waals surface area (Å²) in [6.07, 6.45) is 0. The first-order chi connectivity index (χ1) is 9.77. The van der Waals surface area contributed by atoms with Crippen LogP contribution in [0.15, 0.2) is 42.5 Å². The number of ether oxygens (including phenoxy) is 1. The zero-order valence-corrected chi connectivity index (χ0v) is 13.7. The van der Waals surface area contributed by atoms with Crippen LogP contribution in [0.4, 0.5) is 0 Å². The van der Waals surface area contributed by atoms with Gasteiger partial charge in [0.25, 0.3) is 0 Å². The zero-order chi connectivity index (χ0) is 15.6. The van der Waals surface area contributed by atoms with Crippen LogP contribution < -0.4 is 10.5 Å². The molecule has 0 amide bonds. The first-order valence-electron chi connectivity index (χ1n) is 7.11. The van der Waals surface area contributed by atoms with Gasteiger partial charge in [0.15, 0.2) is 0 Å². The molecule has 2 N–H and O–H groups in total. The van der Waals surface area contributed by atoms with Gasteiger partial charge in [-0.15, -0.1) is 0 Å². The molecule has 0 saturated carbocycles. The third kappa shape index (κ3) is 3.99. The van der Waals surface area contributed by atoms with E-state index < -0.39 is 0 Å². The second-order valence-electron chi connectivity index (χ2n) is 6.35. The fraction of sp³-hybridized carbons (Fsp3) is 0.333. The van der Waals surface area contributed by atoms with E-state index in [1.807, 2.05) is 31.2 Å². The lowest BCUT2D eigenvalue weighted by molar-refractivity contribution is 0.481. The summed E-state index contributed by atoms with van der Waals surface area (Å²) < 4.78 is 5.84. The van der Waals surface area contributed by atoms with Crippen molar-refractivity contribution in [2.75, 3.05) is 0 Å². The van der Waals surface area contributed by atoms with Crippen molar-refractivity contribution in [3.05, 3.63) is 58.6 Å². The minimum atomic E-state index is -0.0855. The highest BCUT2D eigenvalue weighted by molar-refractivity contribution is 6.31. The van der Waals surface area contributed by atoms with E-state index >= 15 is 0 Å². The number of halogens is 1. The van der Waals surface area contributed by atoms with Gasteiger partial charge in [-0.1, -0.05) is 50.6 Å². The lowest BCUT2D eigenvalue weighted by atomic mass is 9.87. The Morgan fingerprint density at radius 2 is 1.57 bits per heavy atom. The third-order valence-corrected chi connectivity index (χ3v) is 3.75. The molecule has 3 heteroatoms. The lowest BCUT2D eigenvalue weighted by Crippen LogP contribution is -2.10. The van der Waals surface area contributed by atoms with Crippen molar-refractivity contribution >= 4 is 11.6 Å². The number of hydrogen-bond acceptors (Lipinski definition) is 2. The van der Waals surface area contributed by atoms with E-state index in [1.165, 1.54) is 5.56 Å². The van der Waals surface area contributed by atoms with Gasteiger partial charge in [0.1, 0.15) is 11.5 Å². The second-order valence-corrected chi connectivity index (χ2v) is 6.76. The molecule has 0 aliphatic heterocycles. The molecule has 1 atom stereocenters. The molecule has 2 rings (SSSR count). The van der Waals surface area contributed by atoms with Crippen molar-refractivity contribution < 1.29 is 4.74 Å². The quantitative estimate of drug-likeness (QED) is 0.818. The molecule has 0 aliphatic rings. The highest BCUT2D eigenvalue weighted by atomic mass is 35.5. The Balaban J connectivity index is 2.17. The molecule has 0 heterocycles. The van der Waals surface area contributed by atoms with Crippen LogP contribution >= 0.6 is 11.6 Å². The Morgan fingerprint density at radius 3 is 2.05 bits per heavy atom. The van der Waals surface area contributed by atoms with E-state index in [-0.39, 0.29) is 11.5 Å². The van der Waals surface area contributed by atoms with Crippen LogP contribution in [-0.2, 0) is 5.41 Å². The molecule has 0 bridgehead atoms. The first-order valence-corrected chi connectivity index (χ1v) is 7.48. The molecule has 0 aromatic heterocycles. The summed E-state index contributed by atoms with van der Waals surface area (Å²) in [7, 11) is 0. The molecule has 21 heavy (non-hydrogen) atoms. The van der Waals surface area contributed by atoms with E-state index in [2.05, 4.69) is 32.9 Å². The molecular formula is C18H22ClNO. The van der Waals surface area contributed by atoms with Crippen LogP contribution in [0.3, 0.4) is 0 Å². The Morgan fingerprint density at radius 1 is 1.00 bits per heavy atom. The van der Waals surface area contributed by atoms with E-state index in [4.69, 9.17) is 22.1 Å². The van der Waals surface area contributed by atoms with Gasteiger partial charge in [0.2, 0.25) is 0 Å². The average molecular weight is 304 g/mol. The molecule has 0 fully saturated rings. The maximum absolute atomic E-state index is 6.22. The summed E-state index contributed by atoms with van der Waals surface area (Å²) in [5.74, 6) is 1.51. The van der Waals surface area contributed by atoms with Crippen LogP contribution in [0.1, 0.15) is 44.9 Å². The Hall–Kier alpha value is -1.51. The molecule has 0 spiro atoms. The fourth-order valence-corrected chi connectivity index (χ4v) is 2.44. The molecule has 2 aromatic rings. The van der Waals surface area contributed by atoms with E-state index in [0.717, 1.165) is 11.3 Å². The molecule has 112 valence electrons. The van der Waals surface area contributed by atoms with Crippen molar-refractivity contribution in [2.24, 2.45) is 5.73 Å². The normalized spacial score (nSPS) is 13.0. The summed E-state index contributed by atoms with van der Waals surface area (Å²) >= 11 is 6.22. The Bertz CT molecular complexity index is 612. The predicted molar refractivity (Wildman–Crippen MR) is 89.3 cm³/mol. The fourth-order valence-electron chi connectivity index (χ4n) is 2.10. The zero-order valence-electron chi connectivity index (χ0n) is 13.0. The van der Waals surface area contributed by atoms with Crippen LogP contribution in [0.2, 0.25) is 5.02 Å². The van der Waals surface area contributed by atoms with Gasteiger partial charge in [-0.05, 0) is 47.7 Å². The summed E-state index contributed by atoms with van der Waals surface area (Å²) in [5, 5.41) is 0.633. The molecule has 2 nitrogen and oxygen atoms in total. The first kappa shape index (κ1) is 15.9. The van der Waals surface area contributed by atoms with Gasteiger partial charge in [-0.3, -0.25) is 0 Å². The topological polar surface area (TPSA) is 35.2 Å². The molecule has 1 unspecified atom stereocenters. The molecule has 0 aliphatic carbocycles. The van der Waals surface area contributed by atoms with Crippen molar-refractivity contribution in [1.82, 2.24) is 0 Å². The van der Waals surface area contributed by atoms with E-state index in [0.29, 0.717) is 10.8 Å². The Kier molecular flexibility index (Phi) is 4.60. The molecular weight excluding hydrogens is 282 g/mol. The Labute approximate surface area is 131 Å². The highest BCUT2D eigenvalue weighted by Gasteiger charge is 2.13.